The molecule has 0 radical (unpaired) electrons. The minimum atomic E-state index is -4.55. The van der Waals surface area contributed by atoms with E-state index in [0.29, 0.717) is 12.3 Å². The Balaban J connectivity index is 1.84. The molecular weight excluding hydrogens is 178 g/mol. The fourth-order valence-corrected chi connectivity index (χ4v) is 2.46. The van der Waals surface area contributed by atoms with E-state index in [2.05, 4.69) is 5.32 Å². The zero-order valence-corrected chi connectivity index (χ0v) is 7.48. The van der Waals surface area contributed by atoms with Crippen LogP contribution < -0.4 is 5.32 Å². The van der Waals surface area contributed by atoms with Crippen molar-refractivity contribution in [3.63, 3.8) is 0 Å². The highest BCUT2D eigenvalue weighted by Crippen LogP contribution is 2.57. The predicted molar refractivity (Wildman–Crippen MR) is 46.5 cm³/mol. The summed E-state index contributed by atoms with van der Waals surface area (Å²) < 4.78 is 36.9. The van der Waals surface area contributed by atoms with E-state index in [9.17, 15) is 12.9 Å². The second-order valence-electron chi connectivity index (χ2n) is 4.30. The molecule has 13 heavy (non-hydrogen) atoms. The van der Waals surface area contributed by atoms with Crippen LogP contribution in [0, 0.1) is 11.8 Å². The Morgan fingerprint density at radius 3 is 2.46 bits per heavy atom. The second kappa shape index (κ2) is 3.19. The van der Waals surface area contributed by atoms with Crippen molar-refractivity contribution in [1.82, 2.24) is 5.32 Å². The summed E-state index contributed by atoms with van der Waals surface area (Å²) in [7, 11) is 0. The van der Waals surface area contributed by atoms with Gasteiger partial charge in [-0.25, -0.2) is 0 Å². The molecule has 0 aromatic heterocycles. The first-order chi connectivity index (χ1) is 6.09. The molecule has 0 aromatic carbocycles. The van der Waals surface area contributed by atoms with Crippen molar-refractivity contribution in [2.45, 2.75) is 25.1 Å². The Morgan fingerprint density at radius 1 is 1.23 bits per heavy atom. The predicted octanol–water partition coefficient (Wildman–Crippen LogP) is 2.22. The van der Waals surface area contributed by atoms with E-state index < -0.39 is 12.8 Å². The summed E-state index contributed by atoms with van der Waals surface area (Å²) >= 11 is 0. The van der Waals surface area contributed by atoms with Gasteiger partial charge in [0.05, 0.1) is 0 Å². The molecule has 76 valence electrons. The van der Waals surface area contributed by atoms with Crippen molar-refractivity contribution in [3.8, 4) is 0 Å². The maximum Gasteiger partial charge on any atom is 0.481 e. The molecule has 3 unspecified atom stereocenters. The Bertz CT molecular complexity index is 188. The maximum absolute atomic E-state index is 12.3. The third-order valence-corrected chi connectivity index (χ3v) is 3.32. The molecule has 0 spiro atoms. The van der Waals surface area contributed by atoms with Crippen LogP contribution in [0.15, 0.2) is 0 Å². The smallest absolute Gasteiger partial charge is 0.449 e. The van der Waals surface area contributed by atoms with Gasteiger partial charge in [0, 0.05) is 0 Å². The van der Waals surface area contributed by atoms with Crippen LogP contribution in [0.3, 0.4) is 0 Å². The molecule has 2 fully saturated rings. The summed E-state index contributed by atoms with van der Waals surface area (Å²) in [5, 5.41) is 3.17. The third-order valence-electron chi connectivity index (χ3n) is 3.32. The van der Waals surface area contributed by atoms with Crippen molar-refractivity contribution in [2.24, 2.45) is 11.8 Å². The maximum atomic E-state index is 12.3. The van der Waals surface area contributed by atoms with E-state index >= 15 is 0 Å². The van der Waals surface area contributed by atoms with Crippen LogP contribution in [0.5, 0.6) is 0 Å². The van der Waals surface area contributed by atoms with Gasteiger partial charge in [-0.2, -0.15) is 0 Å². The quantitative estimate of drug-likeness (QED) is 0.661. The van der Waals surface area contributed by atoms with Crippen LogP contribution in [-0.4, -0.2) is 20.1 Å². The Kier molecular flexibility index (Phi) is 2.30. The van der Waals surface area contributed by atoms with Crippen LogP contribution in [0.1, 0.15) is 19.3 Å². The van der Waals surface area contributed by atoms with E-state index in [4.69, 9.17) is 0 Å². The van der Waals surface area contributed by atoms with Crippen molar-refractivity contribution >= 4 is 6.98 Å². The first-order valence-corrected chi connectivity index (χ1v) is 4.99. The van der Waals surface area contributed by atoms with Crippen LogP contribution in [0.4, 0.5) is 12.9 Å². The normalized spacial score (nSPS) is 40.4. The molecule has 0 amide bonds. The van der Waals surface area contributed by atoms with E-state index in [1.54, 1.807) is 0 Å². The van der Waals surface area contributed by atoms with E-state index in [1.165, 1.54) is 0 Å². The fourth-order valence-electron chi connectivity index (χ4n) is 2.46. The molecule has 1 nitrogen and oxygen atoms in total. The topological polar surface area (TPSA) is 12.0 Å². The molecular formula is C8H14BF3N-. The molecule has 0 aromatic rings. The lowest BCUT2D eigenvalue weighted by Gasteiger charge is -2.24. The molecule has 2 rings (SSSR count). The summed E-state index contributed by atoms with van der Waals surface area (Å²) in [6, 6.07) is 0. The van der Waals surface area contributed by atoms with E-state index in [-0.39, 0.29) is 5.92 Å². The van der Waals surface area contributed by atoms with Crippen LogP contribution in [0.25, 0.3) is 0 Å². The van der Waals surface area contributed by atoms with Gasteiger partial charge in [0.1, 0.15) is 0 Å². The number of nitrogens with one attached hydrogen (secondary N) is 1. The number of piperidine rings is 1. The van der Waals surface area contributed by atoms with Crippen LogP contribution >= 0.6 is 0 Å². The molecule has 1 saturated heterocycles. The lowest BCUT2D eigenvalue weighted by molar-refractivity contribution is 0.333. The lowest BCUT2D eigenvalue weighted by atomic mass is 9.78. The Labute approximate surface area is 76.1 Å². The van der Waals surface area contributed by atoms with Crippen LogP contribution in [0.2, 0.25) is 5.82 Å². The second-order valence-corrected chi connectivity index (χ2v) is 4.30. The van der Waals surface area contributed by atoms with Crippen molar-refractivity contribution in [3.05, 3.63) is 0 Å². The monoisotopic (exact) mass is 192 g/mol. The van der Waals surface area contributed by atoms with Gasteiger partial charge in [0.2, 0.25) is 0 Å². The van der Waals surface area contributed by atoms with Gasteiger partial charge in [-0.3, -0.25) is 0 Å². The molecule has 1 saturated carbocycles. The Morgan fingerprint density at radius 2 is 2.00 bits per heavy atom. The average molecular weight is 192 g/mol. The number of hydrogen-bond donors (Lipinski definition) is 1. The highest BCUT2D eigenvalue weighted by atomic mass is 19.4. The van der Waals surface area contributed by atoms with Gasteiger partial charge in [-0.15, -0.1) is 0 Å². The molecule has 0 bridgehead atoms. The molecule has 1 heterocycles. The largest absolute Gasteiger partial charge is 0.481 e. The van der Waals surface area contributed by atoms with Crippen LogP contribution in [-0.2, 0) is 0 Å². The summed E-state index contributed by atoms with van der Waals surface area (Å²) in [6.45, 7) is -2.78. The van der Waals surface area contributed by atoms with E-state index in [0.717, 1.165) is 25.9 Å². The SMILES string of the molecule is F[B-](F)(F)C1CC1C1CCCNC1. The third kappa shape index (κ3) is 2.01. The number of hydrogen-bond acceptors (Lipinski definition) is 1. The number of halogens is 3. The minimum absolute atomic E-state index is 0.0483. The first-order valence-electron chi connectivity index (χ1n) is 4.99. The molecule has 1 aliphatic carbocycles. The van der Waals surface area contributed by atoms with Gasteiger partial charge in [0.25, 0.3) is 0 Å². The molecule has 3 atom stereocenters. The summed E-state index contributed by atoms with van der Waals surface area (Å²) in [6.07, 6.45) is 2.43. The average Bonchev–Trinajstić information content (AvgIpc) is 2.83. The Hall–Kier alpha value is -0.185. The van der Waals surface area contributed by atoms with E-state index in [1.807, 2.05) is 0 Å². The standard InChI is InChI=1S/C8H14BF3N/c10-9(11,12)8-4-7(8)6-2-1-3-13-5-6/h6-8,13H,1-5H2/q-1. The molecule has 1 N–H and O–H groups in total. The van der Waals surface area contributed by atoms with Gasteiger partial charge < -0.3 is 18.3 Å². The fraction of sp³-hybridized carbons (Fsp3) is 1.00. The van der Waals surface area contributed by atoms with Gasteiger partial charge >= 0.3 is 6.98 Å². The van der Waals surface area contributed by atoms with Gasteiger partial charge in [-0.05, 0) is 31.8 Å². The lowest BCUT2D eigenvalue weighted by Crippen LogP contribution is -2.32. The molecule has 5 heteroatoms. The van der Waals surface area contributed by atoms with Gasteiger partial charge in [-0.1, -0.05) is 18.2 Å². The van der Waals surface area contributed by atoms with Crippen molar-refractivity contribution in [2.75, 3.05) is 13.1 Å². The molecule has 1 aliphatic heterocycles. The van der Waals surface area contributed by atoms with Crippen molar-refractivity contribution < 1.29 is 12.9 Å². The minimum Gasteiger partial charge on any atom is -0.449 e. The highest BCUT2D eigenvalue weighted by molar-refractivity contribution is 6.61. The summed E-state index contributed by atoms with van der Waals surface area (Å²) in [5.74, 6) is -0.681. The molecule has 2 aliphatic rings. The van der Waals surface area contributed by atoms with Gasteiger partial charge in [0.15, 0.2) is 0 Å². The van der Waals surface area contributed by atoms with Crippen molar-refractivity contribution in [1.29, 1.82) is 0 Å². The zero-order valence-electron chi connectivity index (χ0n) is 7.48. The zero-order chi connectivity index (χ0) is 9.47. The highest BCUT2D eigenvalue weighted by Gasteiger charge is 2.53. The summed E-state index contributed by atoms with van der Waals surface area (Å²) in [5.41, 5.74) is 0. The number of rotatable bonds is 2. The summed E-state index contributed by atoms with van der Waals surface area (Å²) in [4.78, 5) is 0. The first kappa shape index (κ1) is 9.37.